The lowest BCUT2D eigenvalue weighted by Gasteiger charge is -2.33. The van der Waals surface area contributed by atoms with Crippen LogP contribution in [0.3, 0.4) is 0 Å². The van der Waals surface area contributed by atoms with Gasteiger partial charge in [0.15, 0.2) is 5.76 Å². The third kappa shape index (κ3) is 3.82. The highest BCUT2D eigenvalue weighted by Gasteiger charge is 2.30. The highest BCUT2D eigenvalue weighted by atomic mass is 32.2. The Bertz CT molecular complexity index is 666. The number of likely N-dealkylation sites (tertiary alicyclic amines) is 1. The van der Waals surface area contributed by atoms with Gasteiger partial charge in [-0.1, -0.05) is 6.07 Å². The lowest BCUT2D eigenvalue weighted by Crippen LogP contribution is -2.39. The maximum Gasteiger partial charge on any atom is 0.289 e. The van der Waals surface area contributed by atoms with E-state index in [4.69, 9.17) is 4.42 Å². The molecule has 1 atom stereocenters. The second-order valence-corrected chi connectivity index (χ2v) is 6.89. The van der Waals surface area contributed by atoms with Gasteiger partial charge in [0, 0.05) is 19.3 Å². The molecule has 24 heavy (non-hydrogen) atoms. The summed E-state index contributed by atoms with van der Waals surface area (Å²) in [5.41, 5.74) is 0.704. The first-order valence-corrected chi connectivity index (χ1v) is 9.54. The summed E-state index contributed by atoms with van der Waals surface area (Å²) < 4.78 is 5.61. The minimum atomic E-state index is -0.569. The van der Waals surface area contributed by atoms with Gasteiger partial charge in [0.2, 0.25) is 0 Å². The molecule has 1 aliphatic rings. The zero-order chi connectivity index (χ0) is 16.9. The van der Waals surface area contributed by atoms with Crippen molar-refractivity contribution in [1.82, 2.24) is 9.88 Å². The van der Waals surface area contributed by atoms with E-state index in [1.54, 1.807) is 24.0 Å². The quantitative estimate of drug-likeness (QED) is 0.901. The average Bonchev–Trinajstić information content (AvgIpc) is 3.10. The minimum absolute atomic E-state index is 0.0619. The van der Waals surface area contributed by atoms with E-state index in [2.05, 4.69) is 4.98 Å². The van der Waals surface area contributed by atoms with Crippen molar-refractivity contribution in [3.63, 3.8) is 0 Å². The van der Waals surface area contributed by atoms with Gasteiger partial charge in [-0.15, -0.1) is 0 Å². The van der Waals surface area contributed by atoms with Crippen LogP contribution >= 0.6 is 11.8 Å². The van der Waals surface area contributed by atoms with Gasteiger partial charge in [0.05, 0.1) is 17.6 Å². The molecule has 0 spiro atoms. The van der Waals surface area contributed by atoms with Crippen LogP contribution < -0.4 is 0 Å². The van der Waals surface area contributed by atoms with E-state index in [0.717, 1.165) is 24.4 Å². The Kier molecular flexibility index (Phi) is 5.58. The van der Waals surface area contributed by atoms with Crippen LogP contribution in [0.2, 0.25) is 0 Å². The Labute approximate surface area is 146 Å². The molecule has 1 amide bonds. The minimum Gasteiger partial charge on any atom is -0.455 e. The monoisotopic (exact) mass is 346 g/mol. The molecular weight excluding hydrogens is 324 g/mol. The molecule has 1 saturated heterocycles. The molecule has 1 N–H and O–H groups in total. The molecule has 0 radical (unpaired) electrons. The van der Waals surface area contributed by atoms with Gasteiger partial charge in [-0.2, -0.15) is 11.8 Å². The molecule has 1 unspecified atom stereocenters. The third-order valence-electron chi connectivity index (χ3n) is 4.42. The van der Waals surface area contributed by atoms with Crippen molar-refractivity contribution in [2.24, 2.45) is 5.92 Å². The van der Waals surface area contributed by atoms with Crippen LogP contribution in [0.4, 0.5) is 0 Å². The van der Waals surface area contributed by atoms with E-state index < -0.39 is 6.10 Å². The lowest BCUT2D eigenvalue weighted by atomic mass is 9.89. The molecule has 128 valence electrons. The van der Waals surface area contributed by atoms with Gasteiger partial charge in [0.25, 0.3) is 5.91 Å². The molecule has 3 rings (SSSR count). The number of rotatable bonds is 5. The molecular formula is C18H22N2O3S. The second kappa shape index (κ2) is 7.85. The summed E-state index contributed by atoms with van der Waals surface area (Å²) in [5, 5.41) is 10.5. The summed E-state index contributed by atoms with van der Waals surface area (Å²) in [6.45, 7) is 1.26. The molecule has 1 fully saturated rings. The first kappa shape index (κ1) is 17.0. The third-order valence-corrected chi connectivity index (χ3v) is 5.00. The van der Waals surface area contributed by atoms with Crippen molar-refractivity contribution in [2.75, 3.05) is 19.3 Å². The van der Waals surface area contributed by atoms with Crippen molar-refractivity contribution in [2.45, 2.75) is 24.7 Å². The molecule has 3 heterocycles. The number of carbonyl (C=O) groups excluding carboxylic acids is 1. The Morgan fingerprint density at radius 3 is 2.83 bits per heavy atom. The zero-order valence-corrected chi connectivity index (χ0v) is 14.5. The number of carbonyl (C=O) groups is 1. The van der Waals surface area contributed by atoms with Crippen molar-refractivity contribution >= 4 is 17.7 Å². The van der Waals surface area contributed by atoms with Gasteiger partial charge < -0.3 is 14.4 Å². The van der Waals surface area contributed by atoms with Gasteiger partial charge in [0.1, 0.15) is 5.76 Å². The standard InChI is InChI=1S/C18H22N2O3S/c1-24-12-14-5-6-16(23-14)18(22)20-10-7-13(8-11-20)17(21)15-4-2-3-9-19-15/h2-6,9,13,17,21H,7-8,10-12H2,1H3. The van der Waals surface area contributed by atoms with E-state index in [0.29, 0.717) is 24.5 Å². The van der Waals surface area contributed by atoms with E-state index in [-0.39, 0.29) is 11.8 Å². The van der Waals surface area contributed by atoms with E-state index in [1.807, 2.05) is 35.4 Å². The Morgan fingerprint density at radius 1 is 1.38 bits per heavy atom. The van der Waals surface area contributed by atoms with Crippen molar-refractivity contribution in [1.29, 1.82) is 0 Å². The number of amides is 1. The van der Waals surface area contributed by atoms with Gasteiger partial charge >= 0.3 is 0 Å². The lowest BCUT2D eigenvalue weighted by molar-refractivity contribution is 0.0428. The summed E-state index contributed by atoms with van der Waals surface area (Å²) in [6.07, 6.45) is 4.66. The van der Waals surface area contributed by atoms with E-state index in [1.165, 1.54) is 0 Å². The first-order valence-electron chi connectivity index (χ1n) is 8.15. The average molecular weight is 346 g/mol. The summed E-state index contributed by atoms with van der Waals surface area (Å²) >= 11 is 1.66. The van der Waals surface area contributed by atoms with Gasteiger partial charge in [-0.3, -0.25) is 9.78 Å². The Hall–Kier alpha value is -1.79. The number of hydrogen-bond donors (Lipinski definition) is 1. The summed E-state index contributed by atoms with van der Waals surface area (Å²) in [6, 6.07) is 9.18. The molecule has 2 aromatic rings. The van der Waals surface area contributed by atoms with Gasteiger partial charge in [-0.25, -0.2) is 0 Å². The van der Waals surface area contributed by atoms with Crippen LogP contribution in [-0.2, 0) is 5.75 Å². The summed E-state index contributed by atoms with van der Waals surface area (Å²) in [7, 11) is 0. The molecule has 5 nitrogen and oxygen atoms in total. The maximum absolute atomic E-state index is 12.5. The van der Waals surface area contributed by atoms with E-state index in [9.17, 15) is 9.90 Å². The predicted octanol–water partition coefficient (Wildman–Crippen LogP) is 3.12. The number of piperidine rings is 1. The molecule has 1 aliphatic heterocycles. The number of aliphatic hydroxyl groups excluding tert-OH is 1. The van der Waals surface area contributed by atoms with Gasteiger partial charge in [-0.05, 0) is 49.3 Å². The topological polar surface area (TPSA) is 66.6 Å². The van der Waals surface area contributed by atoms with Crippen LogP contribution in [-0.4, -0.2) is 40.2 Å². The SMILES string of the molecule is CSCc1ccc(C(=O)N2CCC(C(O)c3ccccn3)CC2)o1. The fourth-order valence-corrected chi connectivity index (χ4v) is 3.52. The first-order chi connectivity index (χ1) is 11.7. The highest BCUT2D eigenvalue weighted by molar-refractivity contribution is 7.97. The van der Waals surface area contributed by atoms with Crippen LogP contribution in [0.5, 0.6) is 0 Å². The fourth-order valence-electron chi connectivity index (χ4n) is 3.08. The molecule has 2 aromatic heterocycles. The number of nitrogens with zero attached hydrogens (tertiary/aromatic N) is 2. The van der Waals surface area contributed by atoms with Crippen LogP contribution in [0, 0.1) is 5.92 Å². The van der Waals surface area contributed by atoms with Crippen molar-refractivity contribution in [3.8, 4) is 0 Å². The highest BCUT2D eigenvalue weighted by Crippen LogP contribution is 2.30. The number of pyridine rings is 1. The molecule has 0 saturated carbocycles. The normalized spacial score (nSPS) is 17.0. The number of hydrogen-bond acceptors (Lipinski definition) is 5. The van der Waals surface area contributed by atoms with Crippen LogP contribution in [0.15, 0.2) is 40.9 Å². The molecule has 0 bridgehead atoms. The number of aromatic nitrogens is 1. The number of aliphatic hydroxyl groups is 1. The number of thioether (sulfide) groups is 1. The molecule has 0 aromatic carbocycles. The van der Waals surface area contributed by atoms with Crippen LogP contribution in [0.25, 0.3) is 0 Å². The summed E-state index contributed by atoms with van der Waals surface area (Å²) in [5.74, 6) is 2.07. The Balaban J connectivity index is 1.57. The Morgan fingerprint density at radius 2 is 2.17 bits per heavy atom. The number of furan rings is 1. The fraction of sp³-hybridized carbons (Fsp3) is 0.444. The zero-order valence-electron chi connectivity index (χ0n) is 13.7. The largest absolute Gasteiger partial charge is 0.455 e. The molecule has 0 aliphatic carbocycles. The maximum atomic E-state index is 12.5. The van der Waals surface area contributed by atoms with E-state index >= 15 is 0 Å². The second-order valence-electron chi connectivity index (χ2n) is 6.03. The smallest absolute Gasteiger partial charge is 0.289 e. The van der Waals surface area contributed by atoms with Crippen LogP contribution in [0.1, 0.15) is 41.0 Å². The summed E-state index contributed by atoms with van der Waals surface area (Å²) in [4.78, 5) is 18.6. The van der Waals surface area contributed by atoms with Crippen molar-refractivity contribution < 1.29 is 14.3 Å². The predicted molar refractivity (Wildman–Crippen MR) is 93.8 cm³/mol. The molecule has 6 heteroatoms. The van der Waals surface area contributed by atoms with Crippen molar-refractivity contribution in [3.05, 3.63) is 53.7 Å².